The van der Waals surface area contributed by atoms with Crippen LogP contribution >= 0.6 is 11.8 Å². The van der Waals surface area contributed by atoms with Gasteiger partial charge >= 0.3 is 0 Å². The Labute approximate surface area is 123 Å². The topological polar surface area (TPSA) is 58.6 Å². The zero-order chi connectivity index (χ0) is 14.4. The third kappa shape index (κ3) is 3.75. The number of hydrogen-bond donors (Lipinski definition) is 2. The summed E-state index contributed by atoms with van der Waals surface area (Å²) < 4.78 is 5.29. The van der Waals surface area contributed by atoms with Crippen LogP contribution in [0.3, 0.4) is 0 Å². The first-order valence-corrected chi connectivity index (χ1v) is 8.17. The highest BCUT2D eigenvalue weighted by Gasteiger charge is 2.33. The Morgan fingerprint density at radius 1 is 1.35 bits per heavy atom. The van der Waals surface area contributed by atoms with Gasteiger partial charge in [-0.05, 0) is 36.8 Å². The van der Waals surface area contributed by atoms with Crippen LogP contribution < -0.4 is 5.32 Å². The van der Waals surface area contributed by atoms with Crippen molar-refractivity contribution >= 4 is 17.7 Å². The van der Waals surface area contributed by atoms with Crippen molar-refractivity contribution in [2.24, 2.45) is 0 Å². The highest BCUT2D eigenvalue weighted by molar-refractivity contribution is 7.97. The first-order valence-electron chi connectivity index (χ1n) is 6.78. The van der Waals surface area contributed by atoms with Crippen molar-refractivity contribution in [3.63, 3.8) is 0 Å². The molecule has 110 valence electrons. The molecule has 1 aromatic carbocycles. The lowest BCUT2D eigenvalue weighted by atomic mass is 9.90. The second-order valence-electron chi connectivity index (χ2n) is 5.13. The molecule has 1 aromatic rings. The fourth-order valence-corrected chi connectivity index (χ4v) is 2.84. The molecule has 1 aliphatic heterocycles. The maximum Gasteiger partial charge on any atom is 0.251 e. The molecule has 0 atom stereocenters. The Hall–Kier alpha value is -1.04. The van der Waals surface area contributed by atoms with E-state index in [0.29, 0.717) is 31.6 Å². The van der Waals surface area contributed by atoms with Crippen molar-refractivity contribution in [2.75, 3.05) is 26.1 Å². The highest BCUT2D eigenvalue weighted by atomic mass is 32.2. The van der Waals surface area contributed by atoms with Crippen molar-refractivity contribution in [2.45, 2.75) is 24.1 Å². The maximum absolute atomic E-state index is 12.3. The van der Waals surface area contributed by atoms with Gasteiger partial charge in [0.15, 0.2) is 0 Å². The van der Waals surface area contributed by atoms with Gasteiger partial charge in [0.1, 0.15) is 0 Å². The molecular weight excluding hydrogens is 274 g/mol. The minimum atomic E-state index is -0.534. The number of amides is 1. The molecule has 1 saturated heterocycles. The van der Waals surface area contributed by atoms with Crippen LogP contribution in [0.5, 0.6) is 0 Å². The molecule has 1 fully saturated rings. The highest BCUT2D eigenvalue weighted by Crippen LogP contribution is 2.21. The number of nitrogens with one attached hydrogen (secondary N) is 1. The molecular formula is C15H21NO3S. The molecule has 0 aliphatic carbocycles. The Bertz CT molecular complexity index is 441. The summed E-state index contributed by atoms with van der Waals surface area (Å²) in [5.41, 5.74) is 1.30. The summed E-state index contributed by atoms with van der Waals surface area (Å²) in [5, 5.41) is 12.6. The first-order chi connectivity index (χ1) is 9.69. The van der Waals surface area contributed by atoms with E-state index in [1.807, 2.05) is 24.3 Å². The van der Waals surface area contributed by atoms with Crippen LogP contribution in [0.15, 0.2) is 24.3 Å². The number of aliphatic hydroxyl groups is 1. The number of carbonyl (C=O) groups excluding carboxylic acids is 1. The average Bonchev–Trinajstić information content (AvgIpc) is 2.49. The largest absolute Gasteiger partial charge is 0.394 e. The van der Waals surface area contributed by atoms with Gasteiger partial charge in [0.25, 0.3) is 5.91 Å². The number of aliphatic hydroxyl groups excluding tert-OH is 1. The maximum atomic E-state index is 12.3. The van der Waals surface area contributed by atoms with E-state index in [2.05, 4.69) is 11.6 Å². The Kier molecular flexibility index (Phi) is 5.46. The van der Waals surface area contributed by atoms with E-state index in [1.165, 1.54) is 5.56 Å². The second-order valence-corrected chi connectivity index (χ2v) is 6.00. The van der Waals surface area contributed by atoms with Crippen LogP contribution in [-0.4, -0.2) is 42.6 Å². The molecule has 0 unspecified atom stereocenters. The predicted octanol–water partition coefficient (Wildman–Crippen LogP) is 1.82. The molecule has 0 bridgehead atoms. The number of carbonyl (C=O) groups is 1. The molecule has 1 aliphatic rings. The van der Waals surface area contributed by atoms with E-state index in [-0.39, 0.29) is 12.5 Å². The summed E-state index contributed by atoms with van der Waals surface area (Å²) in [4.78, 5) is 12.3. The standard InChI is InChI=1S/C15H21NO3S/c1-20-10-12-2-4-13(5-3-12)14(18)16-15(11-17)6-8-19-9-7-15/h2-5,17H,6-11H2,1H3,(H,16,18). The van der Waals surface area contributed by atoms with E-state index in [0.717, 1.165) is 5.75 Å². The summed E-state index contributed by atoms with van der Waals surface area (Å²) >= 11 is 1.75. The van der Waals surface area contributed by atoms with Crippen LogP contribution in [0, 0.1) is 0 Å². The van der Waals surface area contributed by atoms with Gasteiger partial charge in [-0.25, -0.2) is 0 Å². The van der Waals surface area contributed by atoms with Gasteiger partial charge in [-0.1, -0.05) is 12.1 Å². The molecule has 5 heteroatoms. The lowest BCUT2D eigenvalue weighted by Gasteiger charge is -2.36. The lowest BCUT2D eigenvalue weighted by molar-refractivity contribution is 0.0125. The molecule has 20 heavy (non-hydrogen) atoms. The van der Waals surface area contributed by atoms with E-state index < -0.39 is 5.54 Å². The van der Waals surface area contributed by atoms with Crippen LogP contribution in [0.2, 0.25) is 0 Å². The summed E-state index contributed by atoms with van der Waals surface area (Å²) in [5.74, 6) is 0.816. The number of ether oxygens (including phenoxy) is 1. The van der Waals surface area contributed by atoms with E-state index in [4.69, 9.17) is 4.74 Å². The summed E-state index contributed by atoms with van der Waals surface area (Å²) in [6.45, 7) is 1.10. The first kappa shape index (κ1) is 15.4. The molecule has 0 saturated carbocycles. The third-order valence-electron chi connectivity index (χ3n) is 3.66. The molecule has 4 nitrogen and oxygen atoms in total. The number of benzene rings is 1. The lowest BCUT2D eigenvalue weighted by Crippen LogP contribution is -2.54. The smallest absolute Gasteiger partial charge is 0.251 e. The van der Waals surface area contributed by atoms with E-state index in [9.17, 15) is 9.90 Å². The molecule has 2 rings (SSSR count). The average molecular weight is 295 g/mol. The van der Waals surface area contributed by atoms with Gasteiger partial charge in [0.2, 0.25) is 0 Å². The van der Waals surface area contributed by atoms with Gasteiger partial charge in [-0.3, -0.25) is 4.79 Å². The monoisotopic (exact) mass is 295 g/mol. The molecule has 0 aromatic heterocycles. The minimum Gasteiger partial charge on any atom is -0.394 e. The summed E-state index contributed by atoms with van der Waals surface area (Å²) in [6.07, 6.45) is 3.36. The normalized spacial score (nSPS) is 17.7. The third-order valence-corrected chi connectivity index (χ3v) is 4.28. The van der Waals surface area contributed by atoms with Crippen LogP contribution in [0.25, 0.3) is 0 Å². The van der Waals surface area contributed by atoms with Crippen molar-refractivity contribution in [3.05, 3.63) is 35.4 Å². The van der Waals surface area contributed by atoms with Gasteiger partial charge in [-0.2, -0.15) is 11.8 Å². The number of hydrogen-bond acceptors (Lipinski definition) is 4. The van der Waals surface area contributed by atoms with Crippen molar-refractivity contribution in [1.82, 2.24) is 5.32 Å². The van der Waals surface area contributed by atoms with Crippen molar-refractivity contribution < 1.29 is 14.6 Å². The van der Waals surface area contributed by atoms with Crippen molar-refractivity contribution in [3.8, 4) is 0 Å². The Balaban J connectivity index is 2.03. The molecule has 0 radical (unpaired) electrons. The fourth-order valence-electron chi connectivity index (χ4n) is 2.32. The SMILES string of the molecule is CSCc1ccc(C(=O)NC2(CO)CCOCC2)cc1. The van der Waals surface area contributed by atoms with Gasteiger partial charge in [0.05, 0.1) is 12.1 Å². The zero-order valence-electron chi connectivity index (χ0n) is 11.7. The summed E-state index contributed by atoms with van der Waals surface area (Å²) in [7, 11) is 0. The molecule has 1 heterocycles. The Morgan fingerprint density at radius 2 is 2.00 bits per heavy atom. The van der Waals surface area contributed by atoms with Gasteiger partial charge in [-0.15, -0.1) is 0 Å². The predicted molar refractivity (Wildman–Crippen MR) is 81.0 cm³/mol. The quantitative estimate of drug-likeness (QED) is 0.870. The van der Waals surface area contributed by atoms with E-state index >= 15 is 0 Å². The van der Waals surface area contributed by atoms with Crippen LogP contribution in [-0.2, 0) is 10.5 Å². The van der Waals surface area contributed by atoms with Gasteiger partial charge in [0, 0.05) is 24.5 Å². The second kappa shape index (κ2) is 7.11. The van der Waals surface area contributed by atoms with E-state index in [1.54, 1.807) is 11.8 Å². The molecule has 2 N–H and O–H groups in total. The Morgan fingerprint density at radius 3 is 2.55 bits per heavy atom. The summed E-state index contributed by atoms with van der Waals surface area (Å²) in [6, 6.07) is 7.62. The zero-order valence-corrected chi connectivity index (χ0v) is 12.5. The fraction of sp³-hybridized carbons (Fsp3) is 0.533. The minimum absolute atomic E-state index is 0.0490. The van der Waals surface area contributed by atoms with Crippen LogP contribution in [0.1, 0.15) is 28.8 Å². The number of rotatable bonds is 5. The molecule has 1 amide bonds. The molecule has 0 spiro atoms. The van der Waals surface area contributed by atoms with Gasteiger partial charge < -0.3 is 15.2 Å². The van der Waals surface area contributed by atoms with Crippen molar-refractivity contribution in [1.29, 1.82) is 0 Å². The van der Waals surface area contributed by atoms with Crippen LogP contribution in [0.4, 0.5) is 0 Å². The number of thioether (sulfide) groups is 1.